The standard InChI is InChI=1S/C16H17FN2O2/c1-3-19-16(20)11-5-7-13(18)15(8-11)21-14-9-12(17)6-4-10(14)2/h4-9H,3,18H2,1-2H3,(H,19,20). The van der Waals surface area contributed by atoms with E-state index in [1.165, 1.54) is 12.1 Å². The Morgan fingerprint density at radius 3 is 2.71 bits per heavy atom. The number of carbonyl (C=O) groups is 1. The van der Waals surface area contributed by atoms with Crippen molar-refractivity contribution in [2.75, 3.05) is 12.3 Å². The molecule has 0 saturated carbocycles. The van der Waals surface area contributed by atoms with Crippen LogP contribution in [-0.2, 0) is 0 Å². The molecule has 2 rings (SSSR count). The molecule has 1 amide bonds. The highest BCUT2D eigenvalue weighted by Crippen LogP contribution is 2.30. The maximum absolute atomic E-state index is 13.3. The van der Waals surface area contributed by atoms with E-state index in [1.807, 2.05) is 6.92 Å². The number of nitrogens with one attached hydrogen (secondary N) is 1. The molecule has 0 aliphatic carbocycles. The van der Waals surface area contributed by atoms with Gasteiger partial charge in [-0.2, -0.15) is 0 Å². The molecule has 0 bridgehead atoms. The quantitative estimate of drug-likeness (QED) is 0.849. The van der Waals surface area contributed by atoms with Crippen molar-refractivity contribution in [1.29, 1.82) is 0 Å². The lowest BCUT2D eigenvalue weighted by Crippen LogP contribution is -2.22. The predicted octanol–water partition coefficient (Wildman–Crippen LogP) is 3.26. The highest BCUT2D eigenvalue weighted by molar-refractivity contribution is 5.95. The van der Waals surface area contributed by atoms with Gasteiger partial charge in [0.15, 0.2) is 5.75 Å². The van der Waals surface area contributed by atoms with Crippen LogP contribution in [0.2, 0.25) is 0 Å². The third-order valence-electron chi connectivity index (χ3n) is 2.98. The van der Waals surface area contributed by atoms with E-state index in [2.05, 4.69) is 5.32 Å². The van der Waals surface area contributed by atoms with Gasteiger partial charge in [-0.3, -0.25) is 4.79 Å². The molecule has 2 aromatic carbocycles. The average Bonchev–Trinajstić information content (AvgIpc) is 2.45. The van der Waals surface area contributed by atoms with E-state index >= 15 is 0 Å². The molecule has 21 heavy (non-hydrogen) atoms. The number of aryl methyl sites for hydroxylation is 1. The smallest absolute Gasteiger partial charge is 0.251 e. The molecule has 3 N–H and O–H groups in total. The van der Waals surface area contributed by atoms with Crippen LogP contribution in [0, 0.1) is 12.7 Å². The van der Waals surface area contributed by atoms with E-state index in [1.54, 1.807) is 31.2 Å². The third kappa shape index (κ3) is 3.51. The molecule has 5 heteroatoms. The monoisotopic (exact) mass is 288 g/mol. The second kappa shape index (κ2) is 6.26. The largest absolute Gasteiger partial charge is 0.455 e. The summed E-state index contributed by atoms with van der Waals surface area (Å²) in [6.07, 6.45) is 0. The van der Waals surface area contributed by atoms with Crippen LogP contribution in [0.3, 0.4) is 0 Å². The van der Waals surface area contributed by atoms with Crippen LogP contribution in [0.1, 0.15) is 22.8 Å². The second-order valence-electron chi connectivity index (χ2n) is 4.62. The number of nitrogens with two attached hydrogens (primary N) is 1. The summed E-state index contributed by atoms with van der Waals surface area (Å²) in [5.74, 6) is 0.0922. The van der Waals surface area contributed by atoms with Crippen LogP contribution < -0.4 is 15.8 Å². The van der Waals surface area contributed by atoms with Crippen molar-refractivity contribution in [2.45, 2.75) is 13.8 Å². The first-order valence-electron chi connectivity index (χ1n) is 6.63. The lowest BCUT2D eigenvalue weighted by molar-refractivity contribution is 0.0955. The number of hydrogen-bond donors (Lipinski definition) is 2. The van der Waals surface area contributed by atoms with Crippen LogP contribution in [0.4, 0.5) is 10.1 Å². The summed E-state index contributed by atoms with van der Waals surface area (Å²) in [4.78, 5) is 11.8. The van der Waals surface area contributed by atoms with Crippen molar-refractivity contribution in [3.05, 3.63) is 53.3 Å². The lowest BCUT2D eigenvalue weighted by atomic mass is 10.1. The molecule has 0 radical (unpaired) electrons. The number of rotatable bonds is 4. The van der Waals surface area contributed by atoms with E-state index in [4.69, 9.17) is 10.5 Å². The number of benzene rings is 2. The van der Waals surface area contributed by atoms with Crippen molar-refractivity contribution in [3.63, 3.8) is 0 Å². The Bertz CT molecular complexity index is 671. The summed E-state index contributed by atoms with van der Waals surface area (Å²) >= 11 is 0. The lowest BCUT2D eigenvalue weighted by Gasteiger charge is -2.12. The summed E-state index contributed by atoms with van der Waals surface area (Å²) in [5, 5.41) is 2.70. The fourth-order valence-electron chi connectivity index (χ4n) is 1.83. The van der Waals surface area contributed by atoms with E-state index in [0.717, 1.165) is 5.56 Å². The van der Waals surface area contributed by atoms with Crippen molar-refractivity contribution >= 4 is 11.6 Å². The number of anilines is 1. The van der Waals surface area contributed by atoms with Crippen molar-refractivity contribution in [3.8, 4) is 11.5 Å². The van der Waals surface area contributed by atoms with Gasteiger partial charge < -0.3 is 15.8 Å². The molecule has 110 valence electrons. The number of ether oxygens (including phenoxy) is 1. The number of carbonyl (C=O) groups excluding carboxylic acids is 1. The molecule has 4 nitrogen and oxygen atoms in total. The van der Waals surface area contributed by atoms with Gasteiger partial charge in [0.1, 0.15) is 11.6 Å². The highest BCUT2D eigenvalue weighted by Gasteiger charge is 2.11. The van der Waals surface area contributed by atoms with Gasteiger partial charge in [0.25, 0.3) is 5.91 Å². The van der Waals surface area contributed by atoms with Gasteiger partial charge >= 0.3 is 0 Å². The Kier molecular flexibility index (Phi) is 4.42. The molecule has 0 unspecified atom stereocenters. The molecule has 0 heterocycles. The van der Waals surface area contributed by atoms with Crippen LogP contribution in [0.25, 0.3) is 0 Å². The van der Waals surface area contributed by atoms with E-state index in [-0.39, 0.29) is 5.91 Å². The van der Waals surface area contributed by atoms with Gasteiger partial charge in [-0.1, -0.05) is 6.07 Å². The molecule has 0 aliphatic rings. The SMILES string of the molecule is CCNC(=O)c1ccc(N)c(Oc2cc(F)ccc2C)c1. The summed E-state index contributed by atoms with van der Waals surface area (Å²) < 4.78 is 18.9. The maximum Gasteiger partial charge on any atom is 0.251 e. The first kappa shape index (κ1) is 14.8. The Labute approximate surface area is 122 Å². The van der Waals surface area contributed by atoms with Gasteiger partial charge in [0, 0.05) is 18.2 Å². The Morgan fingerprint density at radius 1 is 1.24 bits per heavy atom. The van der Waals surface area contributed by atoms with Crippen molar-refractivity contribution in [2.24, 2.45) is 0 Å². The van der Waals surface area contributed by atoms with Gasteiger partial charge in [-0.05, 0) is 43.7 Å². The van der Waals surface area contributed by atoms with Crippen LogP contribution in [0.5, 0.6) is 11.5 Å². The van der Waals surface area contributed by atoms with Gasteiger partial charge in [-0.15, -0.1) is 0 Å². The Balaban J connectivity index is 2.33. The fraction of sp³-hybridized carbons (Fsp3) is 0.188. The molecule has 2 aromatic rings. The van der Waals surface area contributed by atoms with Gasteiger partial charge in [0.2, 0.25) is 0 Å². The average molecular weight is 288 g/mol. The van der Waals surface area contributed by atoms with Gasteiger partial charge in [0.05, 0.1) is 5.69 Å². The summed E-state index contributed by atoms with van der Waals surface area (Å²) in [5.41, 5.74) is 7.45. The zero-order chi connectivity index (χ0) is 15.4. The minimum atomic E-state index is -0.394. The van der Waals surface area contributed by atoms with Crippen LogP contribution >= 0.6 is 0 Å². The molecule has 0 fully saturated rings. The van der Waals surface area contributed by atoms with E-state index in [9.17, 15) is 9.18 Å². The van der Waals surface area contributed by atoms with E-state index in [0.29, 0.717) is 29.3 Å². The van der Waals surface area contributed by atoms with Crippen molar-refractivity contribution in [1.82, 2.24) is 5.32 Å². The minimum absolute atomic E-state index is 0.210. The molecular formula is C16H17FN2O2. The first-order valence-corrected chi connectivity index (χ1v) is 6.63. The van der Waals surface area contributed by atoms with E-state index < -0.39 is 5.82 Å². The highest BCUT2D eigenvalue weighted by atomic mass is 19.1. The number of hydrogen-bond acceptors (Lipinski definition) is 3. The summed E-state index contributed by atoms with van der Waals surface area (Å²) in [6, 6.07) is 9.02. The Hall–Kier alpha value is -2.56. The number of nitrogen functional groups attached to an aromatic ring is 1. The fourth-order valence-corrected chi connectivity index (χ4v) is 1.83. The Morgan fingerprint density at radius 2 is 2.00 bits per heavy atom. The first-order chi connectivity index (χ1) is 10.0. The maximum atomic E-state index is 13.3. The zero-order valence-corrected chi connectivity index (χ0v) is 11.9. The van der Waals surface area contributed by atoms with Crippen LogP contribution in [0.15, 0.2) is 36.4 Å². The molecule has 0 aromatic heterocycles. The van der Waals surface area contributed by atoms with Crippen molar-refractivity contribution < 1.29 is 13.9 Å². The topological polar surface area (TPSA) is 64.4 Å². The molecule has 0 spiro atoms. The molecular weight excluding hydrogens is 271 g/mol. The molecule has 0 saturated heterocycles. The summed E-state index contributed by atoms with van der Waals surface area (Å²) in [6.45, 7) is 4.17. The molecule has 0 aliphatic heterocycles. The zero-order valence-electron chi connectivity index (χ0n) is 11.9. The normalized spacial score (nSPS) is 10.2. The third-order valence-corrected chi connectivity index (χ3v) is 2.98. The summed E-state index contributed by atoms with van der Waals surface area (Å²) in [7, 11) is 0. The number of amides is 1. The predicted molar refractivity (Wildman–Crippen MR) is 80.1 cm³/mol. The van der Waals surface area contributed by atoms with Gasteiger partial charge in [-0.25, -0.2) is 4.39 Å². The van der Waals surface area contributed by atoms with Crippen LogP contribution in [-0.4, -0.2) is 12.5 Å². The minimum Gasteiger partial charge on any atom is -0.455 e. The second-order valence-corrected chi connectivity index (χ2v) is 4.62. The molecule has 0 atom stereocenters. The number of halogens is 1.